The van der Waals surface area contributed by atoms with E-state index in [1.165, 1.54) is 7.05 Å². The van der Waals surface area contributed by atoms with E-state index in [0.717, 1.165) is 24.3 Å². The first kappa shape index (κ1) is 14.5. The highest BCUT2D eigenvalue weighted by atomic mass is 19.2. The fourth-order valence-electron chi connectivity index (χ4n) is 1.98. The lowest BCUT2D eigenvalue weighted by molar-refractivity contribution is 0.442. The second-order valence-corrected chi connectivity index (χ2v) is 4.19. The fraction of sp³-hybridized carbons (Fsp3) is 0.143. The van der Waals surface area contributed by atoms with E-state index in [1.54, 1.807) is 0 Å². The molecule has 1 unspecified atom stereocenters. The van der Waals surface area contributed by atoms with Gasteiger partial charge in [-0.3, -0.25) is 0 Å². The lowest BCUT2D eigenvalue weighted by atomic mass is 9.98. The highest BCUT2D eigenvalue weighted by Gasteiger charge is 2.20. The maximum Gasteiger partial charge on any atom is 0.194 e. The first-order chi connectivity index (χ1) is 9.43. The van der Waals surface area contributed by atoms with Gasteiger partial charge in [0.15, 0.2) is 17.5 Å². The molecule has 0 spiro atoms. The van der Waals surface area contributed by atoms with Gasteiger partial charge in [0.2, 0.25) is 0 Å². The van der Waals surface area contributed by atoms with Crippen LogP contribution in [-0.2, 0) is 0 Å². The third kappa shape index (κ3) is 2.65. The summed E-state index contributed by atoms with van der Waals surface area (Å²) < 4.78 is 65.9. The van der Waals surface area contributed by atoms with Crippen molar-refractivity contribution in [3.8, 4) is 0 Å². The molecule has 0 radical (unpaired) electrons. The molecule has 0 aliphatic rings. The minimum Gasteiger partial charge on any atom is -0.309 e. The van der Waals surface area contributed by atoms with Crippen LogP contribution in [0.5, 0.6) is 0 Å². The Bertz CT molecular complexity index is 618. The summed E-state index contributed by atoms with van der Waals surface area (Å²) in [5, 5.41) is 2.65. The zero-order valence-electron chi connectivity index (χ0n) is 10.4. The van der Waals surface area contributed by atoms with Gasteiger partial charge in [-0.1, -0.05) is 6.07 Å². The molecule has 2 rings (SSSR count). The highest BCUT2D eigenvalue weighted by molar-refractivity contribution is 5.34. The smallest absolute Gasteiger partial charge is 0.194 e. The molecule has 0 fully saturated rings. The lowest BCUT2D eigenvalue weighted by Gasteiger charge is -2.18. The van der Waals surface area contributed by atoms with Gasteiger partial charge >= 0.3 is 0 Å². The molecule has 0 aromatic heterocycles. The van der Waals surface area contributed by atoms with Gasteiger partial charge < -0.3 is 5.32 Å². The summed E-state index contributed by atoms with van der Waals surface area (Å²) in [6.45, 7) is 0. The molecule has 20 heavy (non-hydrogen) atoms. The van der Waals surface area contributed by atoms with Gasteiger partial charge in [-0.05, 0) is 30.8 Å². The number of nitrogens with one attached hydrogen (secondary N) is 1. The summed E-state index contributed by atoms with van der Waals surface area (Å²) in [5.41, 5.74) is -0.00582. The molecule has 0 aliphatic carbocycles. The van der Waals surface area contributed by atoms with Gasteiger partial charge in [0.25, 0.3) is 0 Å². The second kappa shape index (κ2) is 5.58. The molecule has 0 bridgehead atoms. The number of hydrogen-bond donors (Lipinski definition) is 1. The maximum atomic E-state index is 13.7. The van der Waals surface area contributed by atoms with Gasteiger partial charge in [0.1, 0.15) is 11.6 Å². The van der Waals surface area contributed by atoms with E-state index in [9.17, 15) is 22.0 Å². The Morgan fingerprint density at radius 3 is 1.95 bits per heavy atom. The van der Waals surface area contributed by atoms with Gasteiger partial charge in [-0.15, -0.1) is 0 Å². The first-order valence-corrected chi connectivity index (χ1v) is 5.70. The minimum absolute atomic E-state index is 0.000641. The van der Waals surface area contributed by atoms with Crippen LogP contribution >= 0.6 is 0 Å². The van der Waals surface area contributed by atoms with Gasteiger partial charge in [0.05, 0.1) is 6.04 Å². The Labute approximate surface area is 112 Å². The molecule has 1 atom stereocenters. The lowest BCUT2D eigenvalue weighted by Crippen LogP contribution is -2.19. The molecule has 0 saturated heterocycles. The standard InChI is InChI=1S/C14H10F5N/c1-20-14(9-3-2-8(15)6-10(9)16)7-4-11(17)13(19)12(18)5-7/h2-6,14,20H,1H3. The Morgan fingerprint density at radius 2 is 1.45 bits per heavy atom. The maximum absolute atomic E-state index is 13.7. The zero-order chi connectivity index (χ0) is 14.9. The van der Waals surface area contributed by atoms with E-state index in [-0.39, 0.29) is 11.1 Å². The topological polar surface area (TPSA) is 12.0 Å². The number of rotatable bonds is 3. The van der Waals surface area contributed by atoms with Gasteiger partial charge in [-0.25, -0.2) is 22.0 Å². The van der Waals surface area contributed by atoms with Crippen molar-refractivity contribution in [3.05, 3.63) is 70.5 Å². The number of benzene rings is 2. The third-order valence-corrected chi connectivity index (χ3v) is 2.90. The van der Waals surface area contributed by atoms with Crippen LogP contribution in [0.2, 0.25) is 0 Å². The van der Waals surface area contributed by atoms with Crippen molar-refractivity contribution in [1.82, 2.24) is 5.32 Å². The molecule has 106 valence electrons. The monoisotopic (exact) mass is 287 g/mol. The fourth-order valence-corrected chi connectivity index (χ4v) is 1.98. The molecule has 1 nitrogen and oxygen atoms in total. The average Bonchev–Trinajstić information content (AvgIpc) is 2.39. The van der Waals surface area contributed by atoms with Crippen molar-refractivity contribution in [2.45, 2.75) is 6.04 Å². The number of hydrogen-bond acceptors (Lipinski definition) is 1. The Hall–Kier alpha value is -1.95. The predicted octanol–water partition coefficient (Wildman–Crippen LogP) is 3.69. The van der Waals surface area contributed by atoms with Crippen LogP contribution in [0.1, 0.15) is 17.2 Å². The summed E-state index contributed by atoms with van der Waals surface area (Å²) in [7, 11) is 1.44. The Morgan fingerprint density at radius 1 is 0.850 bits per heavy atom. The predicted molar refractivity (Wildman–Crippen MR) is 63.6 cm³/mol. The van der Waals surface area contributed by atoms with Crippen LogP contribution in [0.25, 0.3) is 0 Å². The van der Waals surface area contributed by atoms with Crippen LogP contribution in [0.4, 0.5) is 22.0 Å². The molecule has 0 aliphatic heterocycles. The molecule has 2 aromatic rings. The summed E-state index contributed by atoms with van der Waals surface area (Å²) in [6.07, 6.45) is 0. The minimum atomic E-state index is -1.59. The summed E-state index contributed by atoms with van der Waals surface area (Å²) in [5.74, 6) is -5.97. The van der Waals surface area contributed by atoms with Crippen LogP contribution in [0, 0.1) is 29.1 Å². The molecule has 6 heteroatoms. The zero-order valence-corrected chi connectivity index (χ0v) is 10.4. The van der Waals surface area contributed by atoms with Crippen molar-refractivity contribution < 1.29 is 22.0 Å². The molecule has 0 amide bonds. The molecular formula is C14H10F5N. The summed E-state index contributed by atoms with van der Waals surface area (Å²) >= 11 is 0. The molecule has 0 saturated carbocycles. The van der Waals surface area contributed by atoms with Crippen LogP contribution in [-0.4, -0.2) is 7.05 Å². The molecule has 1 N–H and O–H groups in total. The van der Waals surface area contributed by atoms with Crippen LogP contribution in [0.3, 0.4) is 0 Å². The summed E-state index contributed by atoms with van der Waals surface area (Å²) in [4.78, 5) is 0. The Kier molecular flexibility index (Phi) is 4.04. The second-order valence-electron chi connectivity index (χ2n) is 4.19. The Balaban J connectivity index is 2.52. The van der Waals surface area contributed by atoms with E-state index in [2.05, 4.69) is 5.32 Å². The van der Waals surface area contributed by atoms with Gasteiger partial charge in [-0.2, -0.15) is 0 Å². The van der Waals surface area contributed by atoms with Crippen molar-refractivity contribution in [2.24, 2.45) is 0 Å². The van der Waals surface area contributed by atoms with E-state index < -0.39 is 35.1 Å². The van der Waals surface area contributed by atoms with Crippen molar-refractivity contribution in [3.63, 3.8) is 0 Å². The third-order valence-electron chi connectivity index (χ3n) is 2.90. The van der Waals surface area contributed by atoms with E-state index in [4.69, 9.17) is 0 Å². The van der Waals surface area contributed by atoms with Crippen LogP contribution < -0.4 is 5.32 Å². The SMILES string of the molecule is CNC(c1cc(F)c(F)c(F)c1)c1ccc(F)cc1F. The highest BCUT2D eigenvalue weighted by Crippen LogP contribution is 2.27. The molecule has 2 aromatic carbocycles. The number of halogens is 5. The van der Waals surface area contributed by atoms with Crippen molar-refractivity contribution in [2.75, 3.05) is 7.05 Å². The van der Waals surface area contributed by atoms with Crippen LogP contribution in [0.15, 0.2) is 30.3 Å². The molecular weight excluding hydrogens is 277 g/mol. The summed E-state index contributed by atoms with van der Waals surface area (Å²) in [6, 6.07) is 3.45. The average molecular weight is 287 g/mol. The van der Waals surface area contributed by atoms with Crippen molar-refractivity contribution >= 4 is 0 Å². The van der Waals surface area contributed by atoms with E-state index in [0.29, 0.717) is 6.07 Å². The van der Waals surface area contributed by atoms with E-state index >= 15 is 0 Å². The normalized spacial score (nSPS) is 12.5. The van der Waals surface area contributed by atoms with Crippen molar-refractivity contribution in [1.29, 1.82) is 0 Å². The largest absolute Gasteiger partial charge is 0.309 e. The molecule has 0 heterocycles. The van der Waals surface area contributed by atoms with E-state index in [1.807, 2.05) is 0 Å². The first-order valence-electron chi connectivity index (χ1n) is 5.70. The van der Waals surface area contributed by atoms with Gasteiger partial charge in [0, 0.05) is 11.6 Å². The quantitative estimate of drug-likeness (QED) is 0.670.